The lowest BCUT2D eigenvalue weighted by molar-refractivity contribution is -0.123. The Labute approximate surface area is 243 Å². The van der Waals surface area contributed by atoms with Crippen molar-refractivity contribution in [2.45, 2.75) is 187 Å². The first-order valence-electron chi connectivity index (χ1n) is 17.1. The second-order valence-corrected chi connectivity index (χ2v) is 11.6. The quantitative estimate of drug-likeness (QED) is 0.0617. The van der Waals surface area contributed by atoms with Gasteiger partial charge in [-0.05, 0) is 32.1 Å². The number of amides is 1. The Bertz CT molecular complexity index is 560. The monoisotopic (exact) mass is 550 g/mol. The molecule has 0 aromatic carbocycles. The summed E-state index contributed by atoms with van der Waals surface area (Å²) in [6, 6.07) is -0.631. The molecule has 0 saturated heterocycles. The number of nitrogens with one attached hydrogen (secondary N) is 1. The predicted octanol–water partition coefficient (Wildman–Crippen LogP) is 9.73. The van der Waals surface area contributed by atoms with Gasteiger partial charge in [0.05, 0.1) is 18.8 Å². The standard InChI is InChI=1S/C35H67NO3/c1-3-5-7-9-11-13-15-17-18-19-20-22-24-26-28-30-34(38)33(32-37)36-35(39)31-29-27-25-23-21-16-14-12-10-8-6-4-2/h20,22,28,30,33-34,37-38H,3-19,21,23-27,29,31-32H2,1-2H3,(H,36,39)/b22-20+,30-28+/t33-,34+/m0/s1. The van der Waals surface area contributed by atoms with Crippen molar-refractivity contribution in [2.75, 3.05) is 6.61 Å². The minimum absolute atomic E-state index is 0.0759. The van der Waals surface area contributed by atoms with E-state index in [1.54, 1.807) is 6.08 Å². The van der Waals surface area contributed by atoms with Gasteiger partial charge >= 0.3 is 0 Å². The van der Waals surface area contributed by atoms with E-state index in [-0.39, 0.29) is 12.5 Å². The van der Waals surface area contributed by atoms with Crippen LogP contribution in [0.15, 0.2) is 24.3 Å². The van der Waals surface area contributed by atoms with Gasteiger partial charge in [-0.2, -0.15) is 0 Å². The molecule has 0 rings (SSSR count). The molecule has 4 nitrogen and oxygen atoms in total. The van der Waals surface area contributed by atoms with Gasteiger partial charge in [0.25, 0.3) is 0 Å². The number of carbonyl (C=O) groups excluding carboxylic acids is 1. The molecule has 0 radical (unpaired) electrons. The highest BCUT2D eigenvalue weighted by Gasteiger charge is 2.17. The van der Waals surface area contributed by atoms with E-state index in [1.165, 1.54) is 122 Å². The van der Waals surface area contributed by atoms with Crippen molar-refractivity contribution >= 4 is 5.91 Å². The van der Waals surface area contributed by atoms with Crippen LogP contribution in [-0.4, -0.2) is 34.9 Å². The highest BCUT2D eigenvalue weighted by molar-refractivity contribution is 5.76. The van der Waals surface area contributed by atoms with E-state index >= 15 is 0 Å². The second-order valence-electron chi connectivity index (χ2n) is 11.6. The van der Waals surface area contributed by atoms with Crippen LogP contribution in [-0.2, 0) is 4.79 Å². The van der Waals surface area contributed by atoms with Crippen LogP contribution in [0.4, 0.5) is 0 Å². The number of hydrogen-bond acceptors (Lipinski definition) is 3. The highest BCUT2D eigenvalue weighted by atomic mass is 16.3. The first kappa shape index (κ1) is 37.9. The Balaban J connectivity index is 3.69. The van der Waals surface area contributed by atoms with Crippen LogP contribution in [0.3, 0.4) is 0 Å². The third-order valence-corrected chi connectivity index (χ3v) is 7.69. The highest BCUT2D eigenvalue weighted by Crippen LogP contribution is 2.13. The number of unbranched alkanes of at least 4 members (excludes halogenated alkanes) is 21. The number of allylic oxidation sites excluding steroid dienone is 3. The Morgan fingerprint density at radius 3 is 1.49 bits per heavy atom. The van der Waals surface area contributed by atoms with Crippen LogP contribution in [0, 0.1) is 0 Å². The average Bonchev–Trinajstić information content (AvgIpc) is 2.94. The molecule has 0 aliphatic rings. The minimum atomic E-state index is -0.855. The summed E-state index contributed by atoms with van der Waals surface area (Å²) in [4.78, 5) is 12.2. The normalized spacial score (nSPS) is 13.4. The van der Waals surface area contributed by atoms with Crippen LogP contribution in [0.25, 0.3) is 0 Å². The van der Waals surface area contributed by atoms with E-state index in [0.29, 0.717) is 6.42 Å². The fourth-order valence-electron chi connectivity index (χ4n) is 5.02. The summed E-state index contributed by atoms with van der Waals surface area (Å²) in [5, 5.41) is 22.8. The minimum Gasteiger partial charge on any atom is -0.394 e. The smallest absolute Gasteiger partial charge is 0.220 e. The van der Waals surface area contributed by atoms with Crippen LogP contribution in [0.1, 0.15) is 174 Å². The molecular weight excluding hydrogens is 482 g/mol. The molecule has 0 aromatic rings. The molecule has 1 amide bonds. The van der Waals surface area contributed by atoms with Crippen molar-refractivity contribution in [3.05, 3.63) is 24.3 Å². The summed E-state index contributed by atoms with van der Waals surface area (Å²) < 4.78 is 0. The van der Waals surface area contributed by atoms with E-state index in [9.17, 15) is 15.0 Å². The maximum atomic E-state index is 12.2. The lowest BCUT2D eigenvalue weighted by Crippen LogP contribution is -2.45. The maximum absolute atomic E-state index is 12.2. The molecule has 0 fully saturated rings. The number of rotatable bonds is 30. The lowest BCUT2D eigenvalue weighted by atomic mass is 10.0. The zero-order valence-corrected chi connectivity index (χ0v) is 26.2. The molecule has 4 heteroatoms. The molecule has 0 spiro atoms. The van der Waals surface area contributed by atoms with E-state index in [4.69, 9.17) is 0 Å². The van der Waals surface area contributed by atoms with Gasteiger partial charge in [-0.15, -0.1) is 0 Å². The molecule has 0 aromatic heterocycles. The first-order chi connectivity index (χ1) is 19.2. The Morgan fingerprint density at radius 1 is 0.590 bits per heavy atom. The molecule has 0 bridgehead atoms. The van der Waals surface area contributed by atoms with Crippen LogP contribution in [0.2, 0.25) is 0 Å². The molecule has 3 N–H and O–H groups in total. The third kappa shape index (κ3) is 28.2. The van der Waals surface area contributed by atoms with E-state index in [0.717, 1.165) is 32.1 Å². The summed E-state index contributed by atoms with van der Waals surface area (Å²) in [5.74, 6) is -0.0759. The number of hydrogen-bond donors (Lipinski definition) is 3. The van der Waals surface area contributed by atoms with Crippen LogP contribution >= 0.6 is 0 Å². The number of carbonyl (C=O) groups is 1. The summed E-state index contributed by atoms with van der Waals surface area (Å²) in [6.07, 6.45) is 38.2. The van der Waals surface area contributed by atoms with Gasteiger partial charge < -0.3 is 15.5 Å². The van der Waals surface area contributed by atoms with Crippen molar-refractivity contribution in [1.82, 2.24) is 5.32 Å². The zero-order chi connectivity index (χ0) is 28.7. The topological polar surface area (TPSA) is 69.6 Å². The summed E-state index contributed by atoms with van der Waals surface area (Å²) in [7, 11) is 0. The average molecular weight is 550 g/mol. The molecular formula is C35H67NO3. The molecule has 0 saturated carbocycles. The summed E-state index contributed by atoms with van der Waals surface area (Å²) >= 11 is 0. The van der Waals surface area contributed by atoms with Crippen molar-refractivity contribution in [3.63, 3.8) is 0 Å². The van der Waals surface area contributed by atoms with Crippen molar-refractivity contribution in [3.8, 4) is 0 Å². The van der Waals surface area contributed by atoms with Gasteiger partial charge in [0, 0.05) is 6.42 Å². The molecule has 230 valence electrons. The Morgan fingerprint density at radius 2 is 1.00 bits per heavy atom. The summed E-state index contributed by atoms with van der Waals surface area (Å²) in [6.45, 7) is 4.27. The number of aliphatic hydroxyl groups is 2. The second kappa shape index (κ2) is 31.4. The SMILES string of the molecule is CCCCCCCCCCC/C=C/CC/C=C/[C@@H](O)[C@H](CO)NC(=O)CCCCCCCCCCCCCC. The fourth-order valence-corrected chi connectivity index (χ4v) is 5.02. The van der Waals surface area contributed by atoms with Crippen LogP contribution in [0.5, 0.6) is 0 Å². The van der Waals surface area contributed by atoms with Crippen molar-refractivity contribution in [1.29, 1.82) is 0 Å². The van der Waals surface area contributed by atoms with E-state index in [2.05, 4.69) is 31.3 Å². The van der Waals surface area contributed by atoms with Gasteiger partial charge in [0.1, 0.15) is 0 Å². The van der Waals surface area contributed by atoms with Gasteiger partial charge in [-0.1, -0.05) is 160 Å². The zero-order valence-electron chi connectivity index (χ0n) is 26.2. The van der Waals surface area contributed by atoms with Crippen molar-refractivity contribution < 1.29 is 15.0 Å². The van der Waals surface area contributed by atoms with E-state index < -0.39 is 12.1 Å². The number of aliphatic hydroxyl groups excluding tert-OH is 2. The fraction of sp³-hybridized carbons (Fsp3) is 0.857. The predicted molar refractivity (Wildman–Crippen MR) is 170 cm³/mol. The Hall–Kier alpha value is -1.13. The molecule has 0 aliphatic heterocycles. The van der Waals surface area contributed by atoms with Gasteiger partial charge in [0.15, 0.2) is 0 Å². The van der Waals surface area contributed by atoms with Gasteiger partial charge in [-0.3, -0.25) is 4.79 Å². The molecule has 0 aliphatic carbocycles. The molecule has 2 atom stereocenters. The lowest BCUT2D eigenvalue weighted by Gasteiger charge is -2.19. The molecule has 39 heavy (non-hydrogen) atoms. The van der Waals surface area contributed by atoms with Crippen molar-refractivity contribution in [2.24, 2.45) is 0 Å². The van der Waals surface area contributed by atoms with E-state index in [1.807, 2.05) is 6.08 Å². The molecule has 0 unspecified atom stereocenters. The van der Waals surface area contributed by atoms with Gasteiger partial charge in [-0.25, -0.2) is 0 Å². The summed E-state index contributed by atoms with van der Waals surface area (Å²) in [5.41, 5.74) is 0. The third-order valence-electron chi connectivity index (χ3n) is 7.69. The van der Waals surface area contributed by atoms with Gasteiger partial charge in [0.2, 0.25) is 5.91 Å². The maximum Gasteiger partial charge on any atom is 0.220 e. The largest absolute Gasteiger partial charge is 0.394 e. The molecule has 0 heterocycles. The first-order valence-corrected chi connectivity index (χ1v) is 17.1. The Kier molecular flexibility index (Phi) is 30.5. The van der Waals surface area contributed by atoms with Crippen LogP contribution < -0.4 is 5.32 Å².